The first-order valence-corrected chi connectivity index (χ1v) is 10.6. The summed E-state index contributed by atoms with van der Waals surface area (Å²) in [5.41, 5.74) is -0.205. The maximum Gasteiger partial charge on any atom is 0.263 e. The molecule has 1 N–H and O–H groups in total. The molecule has 0 unspecified atom stereocenters. The van der Waals surface area contributed by atoms with Crippen LogP contribution in [-0.4, -0.2) is 50.4 Å². The largest absolute Gasteiger partial charge is 0.356 e. The third-order valence-corrected chi connectivity index (χ3v) is 6.35. The molecule has 156 valence electrons. The van der Waals surface area contributed by atoms with Gasteiger partial charge in [0.1, 0.15) is 22.3 Å². The Bertz CT molecular complexity index is 971. The van der Waals surface area contributed by atoms with Crippen LogP contribution in [0.1, 0.15) is 19.8 Å². The number of carbonyl (C=O) groups excluding carboxylic acids is 1. The van der Waals surface area contributed by atoms with Gasteiger partial charge in [0.15, 0.2) is 0 Å². The summed E-state index contributed by atoms with van der Waals surface area (Å²) in [6.45, 7) is 2.93. The van der Waals surface area contributed by atoms with E-state index in [0.717, 1.165) is 25.0 Å². The number of hydrogen-bond donors (Lipinski definition) is 1. The zero-order valence-corrected chi connectivity index (χ0v) is 16.9. The average molecular weight is 424 g/mol. The van der Waals surface area contributed by atoms with Crippen molar-refractivity contribution in [1.29, 1.82) is 0 Å². The molecule has 10 heteroatoms. The molecule has 1 aromatic heterocycles. The second kappa shape index (κ2) is 8.32. The smallest absolute Gasteiger partial charge is 0.263 e. The fourth-order valence-corrected chi connectivity index (χ4v) is 4.27. The Morgan fingerprint density at radius 2 is 1.79 bits per heavy atom. The Labute approximate surface area is 168 Å². The third kappa shape index (κ3) is 5.00. The van der Waals surface area contributed by atoms with E-state index >= 15 is 0 Å². The monoisotopic (exact) mass is 424 g/mol. The minimum Gasteiger partial charge on any atom is -0.356 e. The number of nitrogens with zero attached hydrogens (tertiary/aromatic N) is 3. The normalized spacial score (nSPS) is 15.2. The van der Waals surface area contributed by atoms with Crippen molar-refractivity contribution in [2.24, 2.45) is 0 Å². The standard InChI is InChI=1S/C19H22F2N4O3S/c1-13(26)24(2)17-5-7-25(8-6-17)19-4-3-18(12-22-19)29(27,28)23-16-10-14(20)9-15(21)11-16/h3-4,9-12,17,23H,5-8H2,1-2H3. The fraction of sp³-hybridized carbons (Fsp3) is 0.368. The first-order chi connectivity index (χ1) is 13.7. The van der Waals surface area contributed by atoms with Crippen molar-refractivity contribution in [2.45, 2.75) is 30.7 Å². The van der Waals surface area contributed by atoms with Crippen LogP contribution in [0.15, 0.2) is 41.4 Å². The zero-order chi connectivity index (χ0) is 21.2. The summed E-state index contributed by atoms with van der Waals surface area (Å²) in [5.74, 6) is -1.10. The van der Waals surface area contributed by atoms with Crippen LogP contribution in [0, 0.1) is 11.6 Å². The molecule has 2 aromatic rings. The van der Waals surface area contributed by atoms with Crippen LogP contribution < -0.4 is 9.62 Å². The zero-order valence-electron chi connectivity index (χ0n) is 16.1. The fourth-order valence-electron chi connectivity index (χ4n) is 3.28. The van der Waals surface area contributed by atoms with Crippen LogP contribution in [-0.2, 0) is 14.8 Å². The van der Waals surface area contributed by atoms with Crippen LogP contribution >= 0.6 is 0 Å². The molecule has 0 aliphatic carbocycles. The van der Waals surface area contributed by atoms with Gasteiger partial charge in [-0.3, -0.25) is 9.52 Å². The number of pyridine rings is 1. The highest BCUT2D eigenvalue weighted by Crippen LogP contribution is 2.23. The van der Waals surface area contributed by atoms with Crippen LogP contribution in [0.5, 0.6) is 0 Å². The predicted octanol–water partition coefficient (Wildman–Crippen LogP) is 2.61. The minimum atomic E-state index is -4.03. The second-order valence-electron chi connectivity index (χ2n) is 6.96. The number of benzene rings is 1. The number of carbonyl (C=O) groups is 1. The van der Waals surface area contributed by atoms with Gasteiger partial charge in [-0.05, 0) is 37.1 Å². The quantitative estimate of drug-likeness (QED) is 0.798. The van der Waals surface area contributed by atoms with Crippen LogP contribution in [0.4, 0.5) is 20.3 Å². The highest BCUT2D eigenvalue weighted by atomic mass is 32.2. The number of halogens is 2. The van der Waals surface area contributed by atoms with Crippen molar-refractivity contribution in [3.8, 4) is 0 Å². The molecule has 0 spiro atoms. The topological polar surface area (TPSA) is 82.6 Å². The molecule has 0 radical (unpaired) electrons. The molecule has 0 bridgehead atoms. The molecular formula is C19H22F2N4O3S. The number of nitrogens with one attached hydrogen (secondary N) is 1. The van der Waals surface area contributed by atoms with Crippen LogP contribution in [0.2, 0.25) is 0 Å². The molecule has 1 amide bonds. The van der Waals surface area contributed by atoms with Crippen LogP contribution in [0.25, 0.3) is 0 Å². The van der Waals surface area contributed by atoms with Gasteiger partial charge < -0.3 is 9.80 Å². The molecule has 1 saturated heterocycles. The first-order valence-electron chi connectivity index (χ1n) is 9.09. The molecule has 2 heterocycles. The maximum absolute atomic E-state index is 13.3. The summed E-state index contributed by atoms with van der Waals surface area (Å²) in [6, 6.07) is 5.62. The van der Waals surface area contributed by atoms with Gasteiger partial charge in [0, 0.05) is 45.4 Å². The van der Waals surface area contributed by atoms with E-state index < -0.39 is 21.7 Å². The van der Waals surface area contributed by atoms with Gasteiger partial charge in [0.25, 0.3) is 10.0 Å². The van der Waals surface area contributed by atoms with Crippen molar-refractivity contribution in [3.05, 3.63) is 48.2 Å². The van der Waals surface area contributed by atoms with Gasteiger partial charge in [-0.1, -0.05) is 0 Å². The number of sulfonamides is 1. The number of aromatic nitrogens is 1. The van der Waals surface area contributed by atoms with Gasteiger partial charge in [-0.25, -0.2) is 22.2 Å². The van der Waals surface area contributed by atoms with Crippen molar-refractivity contribution in [2.75, 3.05) is 29.8 Å². The summed E-state index contributed by atoms with van der Waals surface area (Å²) < 4.78 is 53.6. The summed E-state index contributed by atoms with van der Waals surface area (Å²) >= 11 is 0. The lowest BCUT2D eigenvalue weighted by Gasteiger charge is -2.37. The van der Waals surface area contributed by atoms with E-state index in [1.807, 2.05) is 4.90 Å². The number of rotatable bonds is 5. The van der Waals surface area contributed by atoms with E-state index in [1.165, 1.54) is 12.3 Å². The molecule has 1 fully saturated rings. The summed E-state index contributed by atoms with van der Waals surface area (Å²) in [5, 5.41) is 0. The summed E-state index contributed by atoms with van der Waals surface area (Å²) in [7, 11) is -2.24. The minimum absolute atomic E-state index is 0.0295. The highest BCUT2D eigenvalue weighted by molar-refractivity contribution is 7.92. The van der Waals surface area contributed by atoms with Crippen molar-refractivity contribution >= 4 is 27.4 Å². The van der Waals surface area contributed by atoms with Gasteiger partial charge in [-0.15, -0.1) is 0 Å². The van der Waals surface area contributed by atoms with E-state index in [2.05, 4.69) is 9.71 Å². The van der Waals surface area contributed by atoms with Gasteiger partial charge in [0.2, 0.25) is 5.91 Å². The van der Waals surface area contributed by atoms with E-state index in [9.17, 15) is 22.0 Å². The average Bonchev–Trinajstić information content (AvgIpc) is 2.66. The lowest BCUT2D eigenvalue weighted by Crippen LogP contribution is -2.45. The van der Waals surface area contributed by atoms with Crippen molar-refractivity contribution < 1.29 is 22.0 Å². The second-order valence-corrected chi connectivity index (χ2v) is 8.65. The van der Waals surface area contributed by atoms with E-state index in [0.29, 0.717) is 25.0 Å². The Morgan fingerprint density at radius 3 is 2.31 bits per heavy atom. The van der Waals surface area contributed by atoms with Crippen LogP contribution in [0.3, 0.4) is 0 Å². The van der Waals surface area contributed by atoms with E-state index in [4.69, 9.17) is 0 Å². The van der Waals surface area contributed by atoms with Crippen molar-refractivity contribution in [1.82, 2.24) is 9.88 Å². The lowest BCUT2D eigenvalue weighted by molar-refractivity contribution is -0.129. The Kier molecular flexibility index (Phi) is 6.02. The number of piperidine rings is 1. The summed E-state index contributed by atoms with van der Waals surface area (Å²) in [4.78, 5) is 19.4. The predicted molar refractivity (Wildman–Crippen MR) is 105 cm³/mol. The molecule has 29 heavy (non-hydrogen) atoms. The Hall–Kier alpha value is -2.75. The summed E-state index contributed by atoms with van der Waals surface area (Å²) in [6.07, 6.45) is 2.80. The molecule has 0 saturated carbocycles. The Balaban J connectivity index is 1.67. The number of hydrogen-bond acceptors (Lipinski definition) is 5. The van der Waals surface area contributed by atoms with E-state index in [-0.39, 0.29) is 22.5 Å². The molecule has 1 aliphatic heterocycles. The Morgan fingerprint density at radius 1 is 1.17 bits per heavy atom. The maximum atomic E-state index is 13.3. The van der Waals surface area contributed by atoms with Gasteiger partial charge in [-0.2, -0.15) is 0 Å². The molecule has 7 nitrogen and oxygen atoms in total. The van der Waals surface area contributed by atoms with Gasteiger partial charge >= 0.3 is 0 Å². The highest BCUT2D eigenvalue weighted by Gasteiger charge is 2.25. The first kappa shape index (κ1) is 21.0. The molecule has 1 aromatic carbocycles. The number of amides is 1. The molecule has 1 aliphatic rings. The van der Waals surface area contributed by atoms with E-state index in [1.54, 1.807) is 24.9 Å². The van der Waals surface area contributed by atoms with Gasteiger partial charge in [0.05, 0.1) is 5.69 Å². The number of anilines is 2. The molecule has 0 atom stereocenters. The lowest BCUT2D eigenvalue weighted by atomic mass is 10.0. The third-order valence-electron chi connectivity index (χ3n) is 4.98. The molecular weight excluding hydrogens is 402 g/mol. The SMILES string of the molecule is CC(=O)N(C)C1CCN(c2ccc(S(=O)(=O)Nc3cc(F)cc(F)c3)cn2)CC1. The molecule has 3 rings (SSSR count). The van der Waals surface area contributed by atoms with Crippen molar-refractivity contribution in [3.63, 3.8) is 0 Å².